The molecule has 2 aromatic carbocycles. The van der Waals surface area contributed by atoms with Crippen LogP contribution in [0.2, 0.25) is 10.0 Å². The first-order valence-corrected chi connectivity index (χ1v) is 8.05. The van der Waals surface area contributed by atoms with Gasteiger partial charge in [-0.15, -0.1) is 0 Å². The summed E-state index contributed by atoms with van der Waals surface area (Å²) >= 11 is 11.6. The lowest BCUT2D eigenvalue weighted by Gasteiger charge is -2.08. The second-order valence-corrected chi connectivity index (χ2v) is 5.81. The number of benzene rings is 2. The van der Waals surface area contributed by atoms with Crippen molar-refractivity contribution >= 4 is 46.7 Å². The molecular formula is C17H13Cl2FN2O4. The molecule has 0 spiro atoms. The van der Waals surface area contributed by atoms with Crippen LogP contribution in [0.25, 0.3) is 0 Å². The molecular weight excluding hydrogens is 386 g/mol. The monoisotopic (exact) mass is 398 g/mol. The Balaban J connectivity index is 1.76. The predicted octanol–water partition coefficient (Wildman–Crippen LogP) is 3.04. The van der Waals surface area contributed by atoms with Gasteiger partial charge in [0.15, 0.2) is 6.61 Å². The number of anilines is 1. The van der Waals surface area contributed by atoms with Gasteiger partial charge in [-0.1, -0.05) is 35.3 Å². The summed E-state index contributed by atoms with van der Waals surface area (Å²) in [5.41, 5.74) is 0.186. The molecule has 0 aliphatic heterocycles. The van der Waals surface area contributed by atoms with Crippen LogP contribution in [0, 0.1) is 5.82 Å². The molecule has 0 saturated heterocycles. The van der Waals surface area contributed by atoms with E-state index in [4.69, 9.17) is 27.9 Å². The molecule has 0 radical (unpaired) electrons. The Kier molecular flexibility index (Phi) is 6.94. The molecule has 2 aromatic rings. The van der Waals surface area contributed by atoms with Gasteiger partial charge >= 0.3 is 5.97 Å². The molecule has 6 nitrogen and oxygen atoms in total. The van der Waals surface area contributed by atoms with Crippen LogP contribution in [0.3, 0.4) is 0 Å². The number of esters is 1. The molecule has 0 bridgehead atoms. The van der Waals surface area contributed by atoms with Gasteiger partial charge in [0.2, 0.25) is 0 Å². The lowest BCUT2D eigenvalue weighted by atomic mass is 10.2. The molecule has 0 aliphatic rings. The van der Waals surface area contributed by atoms with Crippen LogP contribution >= 0.6 is 23.2 Å². The van der Waals surface area contributed by atoms with Gasteiger partial charge in [0, 0.05) is 5.69 Å². The summed E-state index contributed by atoms with van der Waals surface area (Å²) in [6.07, 6.45) is 0. The van der Waals surface area contributed by atoms with E-state index in [-0.39, 0.29) is 10.6 Å². The SMILES string of the molecule is O=C(COC(=O)CNC(=O)c1ccccc1F)Nc1ccc(Cl)c(Cl)c1. The van der Waals surface area contributed by atoms with Gasteiger partial charge < -0.3 is 15.4 Å². The topological polar surface area (TPSA) is 84.5 Å². The van der Waals surface area contributed by atoms with Crippen molar-refractivity contribution in [2.75, 3.05) is 18.5 Å². The Morgan fingerprint density at radius 1 is 1.04 bits per heavy atom. The van der Waals surface area contributed by atoms with E-state index >= 15 is 0 Å². The quantitative estimate of drug-likeness (QED) is 0.732. The summed E-state index contributed by atoms with van der Waals surface area (Å²) in [7, 11) is 0. The highest BCUT2D eigenvalue weighted by atomic mass is 35.5. The second kappa shape index (κ2) is 9.17. The Morgan fingerprint density at radius 3 is 2.46 bits per heavy atom. The van der Waals surface area contributed by atoms with E-state index in [1.807, 2.05) is 0 Å². The predicted molar refractivity (Wildman–Crippen MR) is 94.8 cm³/mol. The summed E-state index contributed by atoms with van der Waals surface area (Å²) in [6, 6.07) is 9.81. The first kappa shape index (κ1) is 19.7. The molecule has 26 heavy (non-hydrogen) atoms. The fourth-order valence-corrected chi connectivity index (χ4v) is 2.16. The van der Waals surface area contributed by atoms with E-state index in [9.17, 15) is 18.8 Å². The number of hydrogen-bond donors (Lipinski definition) is 2. The molecule has 9 heteroatoms. The van der Waals surface area contributed by atoms with E-state index in [1.165, 1.54) is 36.4 Å². The standard InChI is InChI=1S/C17H13Cl2FN2O4/c18-12-6-5-10(7-13(12)19)22-15(23)9-26-16(24)8-21-17(25)11-3-1-2-4-14(11)20/h1-7H,8-9H2,(H,21,25)(H,22,23). The zero-order valence-electron chi connectivity index (χ0n) is 13.2. The maximum absolute atomic E-state index is 13.4. The zero-order valence-corrected chi connectivity index (χ0v) is 14.7. The molecule has 0 unspecified atom stereocenters. The lowest BCUT2D eigenvalue weighted by molar-refractivity contribution is -0.146. The van der Waals surface area contributed by atoms with Gasteiger partial charge in [-0.25, -0.2) is 4.39 Å². The average Bonchev–Trinajstić information content (AvgIpc) is 2.61. The van der Waals surface area contributed by atoms with Crippen LogP contribution in [0.5, 0.6) is 0 Å². The molecule has 0 aromatic heterocycles. The number of rotatable bonds is 6. The van der Waals surface area contributed by atoms with Crippen LogP contribution in [-0.2, 0) is 14.3 Å². The Labute approximate surface area is 158 Å². The van der Waals surface area contributed by atoms with E-state index in [0.29, 0.717) is 10.7 Å². The molecule has 0 aliphatic carbocycles. The van der Waals surface area contributed by atoms with Gasteiger partial charge in [-0.3, -0.25) is 14.4 Å². The van der Waals surface area contributed by atoms with Crippen LogP contribution in [0.1, 0.15) is 10.4 Å². The Bertz CT molecular complexity index is 845. The molecule has 0 fully saturated rings. The van der Waals surface area contributed by atoms with Crippen molar-refractivity contribution in [3.05, 3.63) is 63.9 Å². The van der Waals surface area contributed by atoms with Crippen LogP contribution < -0.4 is 10.6 Å². The van der Waals surface area contributed by atoms with Crippen molar-refractivity contribution in [2.24, 2.45) is 0 Å². The number of nitrogens with one attached hydrogen (secondary N) is 2. The van der Waals surface area contributed by atoms with Crippen molar-refractivity contribution in [1.82, 2.24) is 5.32 Å². The van der Waals surface area contributed by atoms with Gasteiger partial charge in [-0.05, 0) is 30.3 Å². The zero-order chi connectivity index (χ0) is 19.1. The highest BCUT2D eigenvalue weighted by Crippen LogP contribution is 2.24. The van der Waals surface area contributed by atoms with Gasteiger partial charge in [0.05, 0.1) is 15.6 Å². The maximum atomic E-state index is 13.4. The Hall–Kier alpha value is -2.64. The highest BCUT2D eigenvalue weighted by Gasteiger charge is 2.13. The fourth-order valence-electron chi connectivity index (χ4n) is 1.86. The van der Waals surface area contributed by atoms with E-state index < -0.39 is 36.8 Å². The first-order valence-electron chi connectivity index (χ1n) is 7.30. The summed E-state index contributed by atoms with van der Waals surface area (Å²) in [5.74, 6) is -2.92. The average molecular weight is 399 g/mol. The molecule has 2 amide bonds. The molecule has 2 N–H and O–H groups in total. The number of amides is 2. The highest BCUT2D eigenvalue weighted by molar-refractivity contribution is 6.42. The second-order valence-electron chi connectivity index (χ2n) is 5.00. The summed E-state index contributed by atoms with van der Waals surface area (Å²) in [4.78, 5) is 35.0. The largest absolute Gasteiger partial charge is 0.454 e. The van der Waals surface area contributed by atoms with Gasteiger partial charge in [0.25, 0.3) is 11.8 Å². The van der Waals surface area contributed by atoms with Crippen molar-refractivity contribution in [3.8, 4) is 0 Å². The maximum Gasteiger partial charge on any atom is 0.325 e. The number of carbonyl (C=O) groups is 3. The fraction of sp³-hybridized carbons (Fsp3) is 0.118. The van der Waals surface area contributed by atoms with Crippen LogP contribution in [0.15, 0.2) is 42.5 Å². The summed E-state index contributed by atoms with van der Waals surface area (Å²) in [5, 5.41) is 5.27. The van der Waals surface area contributed by atoms with Gasteiger partial charge in [0.1, 0.15) is 12.4 Å². The lowest BCUT2D eigenvalue weighted by Crippen LogP contribution is -2.32. The van der Waals surface area contributed by atoms with Gasteiger partial charge in [-0.2, -0.15) is 0 Å². The van der Waals surface area contributed by atoms with Crippen LogP contribution in [-0.4, -0.2) is 30.9 Å². The number of ether oxygens (including phenoxy) is 1. The molecule has 2 rings (SSSR count). The minimum Gasteiger partial charge on any atom is -0.454 e. The minimum atomic E-state index is -0.848. The number of carbonyl (C=O) groups excluding carboxylic acids is 3. The number of halogens is 3. The van der Waals surface area contributed by atoms with Crippen molar-refractivity contribution in [1.29, 1.82) is 0 Å². The smallest absolute Gasteiger partial charge is 0.325 e. The molecule has 0 atom stereocenters. The third kappa shape index (κ3) is 5.72. The third-order valence-corrected chi connectivity index (χ3v) is 3.82. The third-order valence-electron chi connectivity index (χ3n) is 3.08. The Morgan fingerprint density at radius 2 is 1.77 bits per heavy atom. The first-order chi connectivity index (χ1) is 12.4. The van der Waals surface area contributed by atoms with Crippen molar-refractivity contribution in [3.63, 3.8) is 0 Å². The van der Waals surface area contributed by atoms with Crippen molar-refractivity contribution < 1.29 is 23.5 Å². The van der Waals surface area contributed by atoms with Crippen LogP contribution in [0.4, 0.5) is 10.1 Å². The molecule has 0 saturated carbocycles. The van der Waals surface area contributed by atoms with E-state index in [2.05, 4.69) is 10.6 Å². The molecule has 0 heterocycles. The van der Waals surface area contributed by atoms with Crippen molar-refractivity contribution in [2.45, 2.75) is 0 Å². The number of hydrogen-bond acceptors (Lipinski definition) is 4. The van der Waals surface area contributed by atoms with E-state index in [0.717, 1.165) is 6.07 Å². The summed E-state index contributed by atoms with van der Waals surface area (Å²) in [6.45, 7) is -1.07. The minimum absolute atomic E-state index is 0.197. The molecule has 136 valence electrons. The van der Waals surface area contributed by atoms with E-state index in [1.54, 1.807) is 0 Å². The normalized spacial score (nSPS) is 10.1. The summed E-state index contributed by atoms with van der Waals surface area (Å²) < 4.78 is 18.2.